The first kappa shape index (κ1) is 26.9. The molecule has 1 aromatic rings. The Bertz CT molecular complexity index is 602. The van der Waals surface area contributed by atoms with E-state index in [1.165, 1.54) is 76.8 Å². The number of hydrogen-bond acceptors (Lipinski definition) is 3. The summed E-state index contributed by atoms with van der Waals surface area (Å²) in [5, 5.41) is 5.64. The van der Waals surface area contributed by atoms with Crippen LogP contribution in [0.15, 0.2) is 36.7 Å². The molecule has 1 rings (SSSR count). The third kappa shape index (κ3) is 16.2. The van der Waals surface area contributed by atoms with Crippen LogP contribution in [0.25, 0.3) is 0 Å². The maximum Gasteiger partial charge on any atom is 0.252 e. The number of allylic oxidation sites excluding steroid dienone is 2. The molecule has 0 spiro atoms. The number of nitrogens with zero attached hydrogens (tertiary/aromatic N) is 1. The summed E-state index contributed by atoms with van der Waals surface area (Å²) in [5.74, 6) is -0.104. The number of aromatic nitrogens is 1. The summed E-state index contributed by atoms with van der Waals surface area (Å²) in [4.78, 5) is 27.6. The van der Waals surface area contributed by atoms with E-state index < -0.39 is 0 Å². The van der Waals surface area contributed by atoms with Gasteiger partial charge in [-0.25, -0.2) is 0 Å². The highest BCUT2D eigenvalue weighted by molar-refractivity contribution is 5.93. The third-order valence-electron chi connectivity index (χ3n) is 5.32. The highest BCUT2D eigenvalue weighted by Gasteiger charge is 2.04. The van der Waals surface area contributed by atoms with Crippen molar-refractivity contribution in [1.29, 1.82) is 0 Å². The fraction of sp³-hybridized carbons (Fsp3) is 0.654. The highest BCUT2D eigenvalue weighted by atomic mass is 16.2. The Labute approximate surface area is 189 Å². The fourth-order valence-corrected chi connectivity index (χ4v) is 3.42. The van der Waals surface area contributed by atoms with E-state index >= 15 is 0 Å². The molecule has 2 amide bonds. The van der Waals surface area contributed by atoms with E-state index in [1.54, 1.807) is 18.3 Å². The van der Waals surface area contributed by atoms with Crippen molar-refractivity contribution >= 4 is 11.8 Å². The first-order chi connectivity index (χ1) is 15.2. The molecule has 0 bridgehead atoms. The average Bonchev–Trinajstić information content (AvgIpc) is 2.79. The molecule has 5 nitrogen and oxygen atoms in total. The second-order valence-corrected chi connectivity index (χ2v) is 8.18. The molecule has 1 heterocycles. The number of carbonyl (C=O) groups excluding carboxylic acids is 2. The number of hydrogen-bond donors (Lipinski definition) is 2. The van der Waals surface area contributed by atoms with Crippen LogP contribution in [0.5, 0.6) is 0 Å². The van der Waals surface area contributed by atoms with E-state index in [-0.39, 0.29) is 11.8 Å². The van der Waals surface area contributed by atoms with Crippen LogP contribution in [0, 0.1) is 0 Å². The Kier molecular flexibility index (Phi) is 17.1. The molecule has 0 fully saturated rings. The number of unbranched alkanes of at least 4 members (excludes halogenated alkanes) is 11. The van der Waals surface area contributed by atoms with Crippen LogP contribution >= 0.6 is 0 Å². The lowest BCUT2D eigenvalue weighted by atomic mass is 10.1. The third-order valence-corrected chi connectivity index (χ3v) is 5.32. The van der Waals surface area contributed by atoms with Crippen LogP contribution in [0.3, 0.4) is 0 Å². The molecule has 0 atom stereocenters. The van der Waals surface area contributed by atoms with Gasteiger partial charge in [0, 0.05) is 31.9 Å². The Balaban J connectivity index is 1.84. The normalized spacial score (nSPS) is 11.0. The molecule has 2 N–H and O–H groups in total. The molecule has 0 aliphatic heterocycles. The van der Waals surface area contributed by atoms with Crippen molar-refractivity contribution in [2.24, 2.45) is 0 Å². The summed E-state index contributed by atoms with van der Waals surface area (Å²) in [6.45, 7) is 3.14. The molecular weight excluding hydrogens is 386 g/mol. The van der Waals surface area contributed by atoms with Crippen molar-refractivity contribution in [3.63, 3.8) is 0 Å². The summed E-state index contributed by atoms with van der Waals surface area (Å²) >= 11 is 0. The van der Waals surface area contributed by atoms with Gasteiger partial charge in [0.2, 0.25) is 5.91 Å². The quantitative estimate of drug-likeness (QED) is 0.210. The smallest absolute Gasteiger partial charge is 0.252 e. The Hall–Kier alpha value is -2.17. The number of nitrogens with one attached hydrogen (secondary N) is 2. The number of pyridine rings is 1. The van der Waals surface area contributed by atoms with Gasteiger partial charge in [0.05, 0.1) is 5.56 Å². The van der Waals surface area contributed by atoms with Crippen molar-refractivity contribution in [1.82, 2.24) is 15.6 Å². The monoisotopic (exact) mass is 429 g/mol. The topological polar surface area (TPSA) is 71.1 Å². The molecule has 0 saturated carbocycles. The maximum atomic E-state index is 11.9. The minimum absolute atomic E-state index is 0.0632. The van der Waals surface area contributed by atoms with Gasteiger partial charge in [-0.05, 0) is 44.2 Å². The van der Waals surface area contributed by atoms with Gasteiger partial charge in [0.1, 0.15) is 0 Å². The lowest BCUT2D eigenvalue weighted by Crippen LogP contribution is -2.34. The van der Waals surface area contributed by atoms with Crippen LogP contribution < -0.4 is 10.6 Å². The fourth-order valence-electron chi connectivity index (χ4n) is 3.42. The molecular formula is C26H43N3O2. The van der Waals surface area contributed by atoms with Crippen molar-refractivity contribution in [2.45, 2.75) is 96.8 Å². The molecule has 0 aliphatic rings. The number of amides is 2. The number of carbonyl (C=O) groups is 2. The number of rotatable bonds is 19. The van der Waals surface area contributed by atoms with E-state index in [9.17, 15) is 9.59 Å². The van der Waals surface area contributed by atoms with Gasteiger partial charge < -0.3 is 10.6 Å². The van der Waals surface area contributed by atoms with Crippen molar-refractivity contribution in [3.8, 4) is 0 Å². The standard InChI is InChI=1S/C26H43N3O2/c1-2-3-4-5-6-7-8-9-10-11-12-13-14-15-16-19-25(30)28-21-22-29-26(31)24-18-17-20-27-23-24/h9-10,17-18,20,23H,2-8,11-16,19,21-22H2,1H3,(H,28,30)(H,29,31)/b10-9-. The predicted octanol–water partition coefficient (Wildman–Crippen LogP) is 5.97. The first-order valence-electron chi connectivity index (χ1n) is 12.3. The zero-order chi connectivity index (χ0) is 22.4. The van der Waals surface area contributed by atoms with Crippen LogP contribution in [0.4, 0.5) is 0 Å². The largest absolute Gasteiger partial charge is 0.354 e. The summed E-state index contributed by atoms with van der Waals surface area (Å²) in [5.41, 5.74) is 0.530. The average molecular weight is 430 g/mol. The summed E-state index contributed by atoms with van der Waals surface area (Å²) in [7, 11) is 0. The van der Waals surface area contributed by atoms with Crippen LogP contribution in [0.2, 0.25) is 0 Å². The minimum atomic E-state index is -0.167. The summed E-state index contributed by atoms with van der Waals surface area (Å²) < 4.78 is 0. The van der Waals surface area contributed by atoms with E-state index in [4.69, 9.17) is 0 Å². The molecule has 0 aliphatic carbocycles. The van der Waals surface area contributed by atoms with Gasteiger partial charge >= 0.3 is 0 Å². The van der Waals surface area contributed by atoms with Crippen molar-refractivity contribution < 1.29 is 9.59 Å². The van der Waals surface area contributed by atoms with Gasteiger partial charge in [-0.1, -0.05) is 70.4 Å². The lowest BCUT2D eigenvalue weighted by Gasteiger charge is -2.07. The van der Waals surface area contributed by atoms with Gasteiger partial charge in [-0.2, -0.15) is 0 Å². The van der Waals surface area contributed by atoms with Gasteiger partial charge in [-0.15, -0.1) is 0 Å². The molecule has 1 aromatic heterocycles. The maximum absolute atomic E-state index is 11.9. The molecule has 174 valence electrons. The van der Waals surface area contributed by atoms with Gasteiger partial charge in [0.15, 0.2) is 0 Å². The summed E-state index contributed by atoms with van der Waals surface area (Å²) in [6.07, 6.45) is 24.7. The predicted molar refractivity (Wildman–Crippen MR) is 129 cm³/mol. The van der Waals surface area contributed by atoms with E-state index in [1.807, 2.05) is 0 Å². The molecule has 0 aromatic carbocycles. The van der Waals surface area contributed by atoms with Crippen LogP contribution in [0.1, 0.15) is 107 Å². The molecule has 5 heteroatoms. The first-order valence-corrected chi connectivity index (χ1v) is 12.3. The second kappa shape index (κ2) is 19.8. The molecule has 0 unspecified atom stereocenters. The highest BCUT2D eigenvalue weighted by Crippen LogP contribution is 2.09. The van der Waals surface area contributed by atoms with E-state index in [2.05, 4.69) is 34.7 Å². The minimum Gasteiger partial charge on any atom is -0.354 e. The Morgan fingerprint density at radius 3 is 2.10 bits per heavy atom. The zero-order valence-corrected chi connectivity index (χ0v) is 19.5. The van der Waals surface area contributed by atoms with E-state index in [0.717, 1.165) is 12.8 Å². The van der Waals surface area contributed by atoms with Gasteiger partial charge in [0.25, 0.3) is 5.91 Å². The Morgan fingerprint density at radius 2 is 1.45 bits per heavy atom. The van der Waals surface area contributed by atoms with Crippen molar-refractivity contribution in [3.05, 3.63) is 42.2 Å². The second-order valence-electron chi connectivity index (χ2n) is 8.18. The van der Waals surface area contributed by atoms with Crippen molar-refractivity contribution in [2.75, 3.05) is 13.1 Å². The molecule has 0 radical (unpaired) electrons. The zero-order valence-electron chi connectivity index (χ0n) is 19.5. The van der Waals surface area contributed by atoms with E-state index in [0.29, 0.717) is 25.1 Å². The molecule has 31 heavy (non-hydrogen) atoms. The lowest BCUT2D eigenvalue weighted by molar-refractivity contribution is -0.121. The van der Waals surface area contributed by atoms with Crippen LogP contribution in [-0.4, -0.2) is 29.9 Å². The Morgan fingerprint density at radius 1 is 0.839 bits per heavy atom. The molecule has 0 saturated heterocycles. The SMILES string of the molecule is CCCCCCCC/C=C\CCCCCCCC(=O)NCCNC(=O)c1cccnc1. The summed E-state index contributed by atoms with van der Waals surface area (Å²) in [6, 6.07) is 3.44. The van der Waals surface area contributed by atoms with Crippen LogP contribution in [-0.2, 0) is 4.79 Å². The van der Waals surface area contributed by atoms with Gasteiger partial charge in [-0.3, -0.25) is 14.6 Å².